The Bertz CT molecular complexity index is 450. The third kappa shape index (κ3) is 4.32. The van der Waals surface area contributed by atoms with Crippen molar-refractivity contribution in [3.05, 3.63) is 35.4 Å². The SMILES string of the molecule is CCCNC(Cc1ccc(C(C)(C)C)cc1)C1CC1(C)C. The molecule has 0 aromatic heterocycles. The Hall–Kier alpha value is -0.820. The highest BCUT2D eigenvalue weighted by molar-refractivity contribution is 5.28. The molecule has 118 valence electrons. The van der Waals surface area contributed by atoms with Gasteiger partial charge in [-0.2, -0.15) is 0 Å². The molecule has 0 amide bonds. The lowest BCUT2D eigenvalue weighted by Gasteiger charge is -2.22. The fourth-order valence-electron chi connectivity index (χ4n) is 3.28. The predicted molar refractivity (Wildman–Crippen MR) is 92.8 cm³/mol. The Morgan fingerprint density at radius 1 is 1.19 bits per heavy atom. The van der Waals surface area contributed by atoms with E-state index in [4.69, 9.17) is 0 Å². The average Bonchev–Trinajstić information content (AvgIpc) is 3.03. The summed E-state index contributed by atoms with van der Waals surface area (Å²) in [6.45, 7) is 15.0. The Morgan fingerprint density at radius 3 is 2.19 bits per heavy atom. The summed E-state index contributed by atoms with van der Waals surface area (Å²) in [6.07, 6.45) is 3.75. The van der Waals surface area contributed by atoms with Crippen molar-refractivity contribution >= 4 is 0 Å². The second kappa shape index (κ2) is 6.12. The van der Waals surface area contributed by atoms with Crippen molar-refractivity contribution in [1.29, 1.82) is 0 Å². The van der Waals surface area contributed by atoms with Crippen LogP contribution in [0.1, 0.15) is 65.5 Å². The first-order chi connectivity index (χ1) is 9.74. The van der Waals surface area contributed by atoms with E-state index in [0.29, 0.717) is 11.5 Å². The maximum Gasteiger partial charge on any atom is 0.0141 e. The second-order valence-electron chi connectivity index (χ2n) is 8.51. The van der Waals surface area contributed by atoms with Crippen molar-refractivity contribution < 1.29 is 0 Å². The minimum atomic E-state index is 0.247. The molecule has 0 bridgehead atoms. The fourth-order valence-corrected chi connectivity index (χ4v) is 3.28. The Morgan fingerprint density at radius 2 is 1.76 bits per heavy atom. The first-order valence-corrected chi connectivity index (χ1v) is 8.57. The summed E-state index contributed by atoms with van der Waals surface area (Å²) in [7, 11) is 0. The highest BCUT2D eigenvalue weighted by atomic mass is 14.9. The van der Waals surface area contributed by atoms with Crippen LogP contribution in [0.2, 0.25) is 0 Å². The highest BCUT2D eigenvalue weighted by Crippen LogP contribution is 2.54. The third-order valence-corrected chi connectivity index (χ3v) is 5.01. The second-order valence-corrected chi connectivity index (χ2v) is 8.51. The number of benzene rings is 1. The molecule has 0 heterocycles. The summed E-state index contributed by atoms with van der Waals surface area (Å²) in [4.78, 5) is 0. The van der Waals surface area contributed by atoms with E-state index in [9.17, 15) is 0 Å². The maximum atomic E-state index is 3.78. The lowest BCUT2D eigenvalue weighted by molar-refractivity contribution is 0.402. The van der Waals surface area contributed by atoms with Crippen LogP contribution in [0.4, 0.5) is 0 Å². The van der Waals surface area contributed by atoms with Gasteiger partial charge in [0, 0.05) is 6.04 Å². The van der Waals surface area contributed by atoms with Crippen molar-refractivity contribution in [3.8, 4) is 0 Å². The lowest BCUT2D eigenvalue weighted by Crippen LogP contribution is -2.35. The van der Waals surface area contributed by atoms with Gasteiger partial charge in [-0.1, -0.05) is 65.8 Å². The molecule has 1 nitrogen and oxygen atoms in total. The van der Waals surface area contributed by atoms with Gasteiger partial charge in [0.2, 0.25) is 0 Å². The summed E-state index contributed by atoms with van der Waals surface area (Å²) < 4.78 is 0. The number of rotatable bonds is 6. The van der Waals surface area contributed by atoms with Gasteiger partial charge in [0.1, 0.15) is 0 Å². The van der Waals surface area contributed by atoms with E-state index in [1.807, 2.05) is 0 Å². The fraction of sp³-hybridized carbons (Fsp3) is 0.700. The van der Waals surface area contributed by atoms with E-state index in [0.717, 1.165) is 12.5 Å². The maximum absolute atomic E-state index is 3.78. The van der Waals surface area contributed by atoms with Gasteiger partial charge in [-0.3, -0.25) is 0 Å². The number of hydrogen-bond acceptors (Lipinski definition) is 1. The molecule has 1 N–H and O–H groups in total. The van der Waals surface area contributed by atoms with Crippen molar-refractivity contribution in [1.82, 2.24) is 5.32 Å². The van der Waals surface area contributed by atoms with E-state index >= 15 is 0 Å². The van der Waals surface area contributed by atoms with Crippen molar-refractivity contribution in [3.63, 3.8) is 0 Å². The molecule has 1 saturated carbocycles. The molecule has 21 heavy (non-hydrogen) atoms. The molecule has 1 heteroatoms. The monoisotopic (exact) mass is 287 g/mol. The van der Waals surface area contributed by atoms with Crippen molar-refractivity contribution in [2.45, 2.75) is 72.3 Å². The van der Waals surface area contributed by atoms with Gasteiger partial charge in [-0.15, -0.1) is 0 Å². The predicted octanol–water partition coefficient (Wildman–Crippen LogP) is 4.94. The Labute approximate surface area is 131 Å². The molecule has 2 rings (SSSR count). The van der Waals surface area contributed by atoms with Gasteiger partial charge in [0.25, 0.3) is 0 Å². The number of hydrogen-bond donors (Lipinski definition) is 1. The molecule has 1 aliphatic carbocycles. The van der Waals surface area contributed by atoms with Gasteiger partial charge < -0.3 is 5.32 Å². The third-order valence-electron chi connectivity index (χ3n) is 5.01. The molecule has 1 aliphatic rings. The lowest BCUT2D eigenvalue weighted by atomic mass is 9.86. The molecule has 0 spiro atoms. The van der Waals surface area contributed by atoms with Crippen LogP contribution in [0.5, 0.6) is 0 Å². The van der Waals surface area contributed by atoms with E-state index in [-0.39, 0.29) is 5.41 Å². The molecular formula is C20H33N. The van der Waals surface area contributed by atoms with Crippen LogP contribution in [0.25, 0.3) is 0 Å². The Kier molecular flexibility index (Phi) is 4.82. The van der Waals surface area contributed by atoms with E-state index in [1.54, 1.807) is 0 Å². The molecule has 0 saturated heterocycles. The summed E-state index contributed by atoms with van der Waals surface area (Å²) in [5, 5.41) is 3.78. The van der Waals surface area contributed by atoms with Crippen molar-refractivity contribution in [2.75, 3.05) is 6.54 Å². The van der Waals surface area contributed by atoms with Gasteiger partial charge in [0.05, 0.1) is 0 Å². The molecule has 1 fully saturated rings. The van der Waals surface area contributed by atoms with Gasteiger partial charge >= 0.3 is 0 Å². The highest BCUT2D eigenvalue weighted by Gasteiger charge is 2.49. The summed E-state index contributed by atoms with van der Waals surface area (Å²) in [5.74, 6) is 0.839. The molecular weight excluding hydrogens is 254 g/mol. The zero-order chi connectivity index (χ0) is 15.7. The van der Waals surface area contributed by atoms with Crippen LogP contribution in [-0.2, 0) is 11.8 Å². The molecule has 2 atom stereocenters. The summed E-state index contributed by atoms with van der Waals surface area (Å²) in [5.41, 5.74) is 3.68. The molecule has 1 aromatic rings. The standard InChI is InChI=1S/C20H33N/c1-7-12-21-18(17-14-20(17,5)6)13-15-8-10-16(11-9-15)19(2,3)4/h8-11,17-18,21H,7,12-14H2,1-6H3. The summed E-state index contributed by atoms with van der Waals surface area (Å²) in [6, 6.07) is 9.92. The normalized spacial score (nSPS) is 22.1. The quantitative estimate of drug-likeness (QED) is 0.781. The first-order valence-electron chi connectivity index (χ1n) is 8.57. The van der Waals surface area contributed by atoms with Crippen molar-refractivity contribution in [2.24, 2.45) is 11.3 Å². The van der Waals surface area contributed by atoms with Crippen LogP contribution >= 0.6 is 0 Å². The minimum absolute atomic E-state index is 0.247. The van der Waals surface area contributed by atoms with Crippen LogP contribution < -0.4 is 5.32 Å². The van der Waals surface area contributed by atoms with Crippen LogP contribution in [0.3, 0.4) is 0 Å². The molecule has 0 radical (unpaired) electrons. The van der Waals surface area contributed by atoms with Crippen LogP contribution in [0.15, 0.2) is 24.3 Å². The van der Waals surface area contributed by atoms with Gasteiger partial charge in [-0.05, 0) is 53.7 Å². The largest absolute Gasteiger partial charge is 0.313 e. The van der Waals surface area contributed by atoms with Gasteiger partial charge in [0.15, 0.2) is 0 Å². The summed E-state index contributed by atoms with van der Waals surface area (Å²) >= 11 is 0. The molecule has 2 unspecified atom stereocenters. The van der Waals surface area contributed by atoms with Gasteiger partial charge in [-0.25, -0.2) is 0 Å². The average molecular weight is 287 g/mol. The van der Waals surface area contributed by atoms with Crippen LogP contribution in [-0.4, -0.2) is 12.6 Å². The minimum Gasteiger partial charge on any atom is -0.313 e. The van der Waals surface area contributed by atoms with E-state index < -0.39 is 0 Å². The Balaban J connectivity index is 2.03. The van der Waals surface area contributed by atoms with E-state index in [2.05, 4.69) is 71.1 Å². The van der Waals surface area contributed by atoms with E-state index in [1.165, 1.54) is 30.4 Å². The molecule has 1 aromatic carbocycles. The smallest absolute Gasteiger partial charge is 0.0141 e. The topological polar surface area (TPSA) is 12.0 Å². The van der Waals surface area contributed by atoms with Crippen LogP contribution in [0, 0.1) is 11.3 Å². The zero-order valence-corrected chi connectivity index (χ0v) is 14.8. The first kappa shape index (κ1) is 16.5. The molecule has 0 aliphatic heterocycles. The zero-order valence-electron chi connectivity index (χ0n) is 14.8. The number of nitrogens with one attached hydrogen (secondary N) is 1.